The molecule has 0 fully saturated rings. The number of nitrogen functional groups attached to an aromatic ring is 1. The molecule has 0 aliphatic heterocycles. The monoisotopic (exact) mass is 358 g/mol. The average Bonchev–Trinajstić information content (AvgIpc) is 3.30. The highest BCUT2D eigenvalue weighted by Crippen LogP contribution is 2.33. The second kappa shape index (κ2) is 5.63. The predicted octanol–water partition coefficient (Wildman–Crippen LogP) is 3.74. The SMILES string of the molecule is Cc1cnc2ccc(-c3c(-c4ccc(F)cc4)nc(N)c4nccn34)cn12. The maximum atomic E-state index is 13.4. The van der Waals surface area contributed by atoms with Crippen LogP contribution in [0, 0.1) is 12.7 Å². The summed E-state index contributed by atoms with van der Waals surface area (Å²) in [7, 11) is 0. The van der Waals surface area contributed by atoms with Gasteiger partial charge in [-0.3, -0.25) is 4.40 Å². The van der Waals surface area contributed by atoms with Crippen molar-refractivity contribution < 1.29 is 4.39 Å². The average molecular weight is 358 g/mol. The molecule has 6 nitrogen and oxygen atoms in total. The number of fused-ring (bicyclic) bond motifs is 2. The van der Waals surface area contributed by atoms with E-state index in [9.17, 15) is 4.39 Å². The third-order valence-corrected chi connectivity index (χ3v) is 4.65. The van der Waals surface area contributed by atoms with E-state index in [1.807, 2.05) is 46.4 Å². The fourth-order valence-corrected chi connectivity index (χ4v) is 3.34. The lowest BCUT2D eigenvalue weighted by Gasteiger charge is -2.14. The Bertz CT molecular complexity index is 1300. The summed E-state index contributed by atoms with van der Waals surface area (Å²) in [6, 6.07) is 10.2. The Balaban J connectivity index is 1.87. The van der Waals surface area contributed by atoms with Crippen LogP contribution in [0.4, 0.5) is 10.2 Å². The smallest absolute Gasteiger partial charge is 0.180 e. The van der Waals surface area contributed by atoms with Gasteiger partial charge in [0.2, 0.25) is 0 Å². The highest BCUT2D eigenvalue weighted by Gasteiger charge is 2.17. The molecular weight excluding hydrogens is 343 g/mol. The molecule has 0 amide bonds. The maximum Gasteiger partial charge on any atom is 0.180 e. The second-order valence-electron chi connectivity index (χ2n) is 6.37. The van der Waals surface area contributed by atoms with E-state index in [0.717, 1.165) is 28.2 Å². The van der Waals surface area contributed by atoms with Gasteiger partial charge in [-0.15, -0.1) is 0 Å². The molecule has 0 saturated carbocycles. The predicted molar refractivity (Wildman–Crippen MR) is 102 cm³/mol. The van der Waals surface area contributed by atoms with Gasteiger partial charge in [-0.1, -0.05) is 0 Å². The van der Waals surface area contributed by atoms with Gasteiger partial charge in [0.15, 0.2) is 11.5 Å². The fraction of sp³-hybridized carbons (Fsp3) is 0.0500. The van der Waals surface area contributed by atoms with Crippen molar-refractivity contribution in [2.45, 2.75) is 6.92 Å². The van der Waals surface area contributed by atoms with Crippen LogP contribution in [0.1, 0.15) is 5.69 Å². The third kappa shape index (κ3) is 2.36. The largest absolute Gasteiger partial charge is 0.381 e. The van der Waals surface area contributed by atoms with E-state index in [2.05, 4.69) is 15.0 Å². The lowest BCUT2D eigenvalue weighted by atomic mass is 10.0. The Morgan fingerprint density at radius 2 is 1.74 bits per heavy atom. The summed E-state index contributed by atoms with van der Waals surface area (Å²) in [6.07, 6.45) is 7.37. The molecule has 0 spiro atoms. The minimum absolute atomic E-state index is 0.299. The van der Waals surface area contributed by atoms with Crippen molar-refractivity contribution in [3.05, 3.63) is 72.7 Å². The second-order valence-corrected chi connectivity index (χ2v) is 6.37. The molecule has 0 aliphatic rings. The molecule has 4 aromatic heterocycles. The molecule has 5 rings (SSSR count). The van der Waals surface area contributed by atoms with Crippen molar-refractivity contribution in [3.63, 3.8) is 0 Å². The van der Waals surface area contributed by atoms with Gasteiger partial charge in [0.25, 0.3) is 0 Å². The number of halogens is 1. The van der Waals surface area contributed by atoms with Crippen molar-refractivity contribution >= 4 is 17.1 Å². The molecule has 1 aromatic carbocycles. The van der Waals surface area contributed by atoms with Crippen LogP contribution in [-0.2, 0) is 0 Å². The number of hydrogen-bond acceptors (Lipinski definition) is 4. The van der Waals surface area contributed by atoms with Crippen LogP contribution in [0.5, 0.6) is 0 Å². The number of benzene rings is 1. The molecule has 2 N–H and O–H groups in total. The number of aryl methyl sites for hydroxylation is 1. The Morgan fingerprint density at radius 3 is 2.56 bits per heavy atom. The van der Waals surface area contributed by atoms with Crippen molar-refractivity contribution in [2.75, 3.05) is 5.73 Å². The zero-order valence-corrected chi connectivity index (χ0v) is 14.5. The Labute approximate surface area is 153 Å². The molecule has 0 saturated heterocycles. The third-order valence-electron chi connectivity index (χ3n) is 4.65. The molecule has 0 bridgehead atoms. The van der Waals surface area contributed by atoms with Gasteiger partial charge in [-0.2, -0.15) is 0 Å². The quantitative estimate of drug-likeness (QED) is 0.522. The fourth-order valence-electron chi connectivity index (χ4n) is 3.34. The molecule has 27 heavy (non-hydrogen) atoms. The summed E-state index contributed by atoms with van der Waals surface area (Å²) < 4.78 is 17.3. The zero-order chi connectivity index (χ0) is 18.5. The van der Waals surface area contributed by atoms with E-state index in [4.69, 9.17) is 5.73 Å². The van der Waals surface area contributed by atoms with Gasteiger partial charge in [0.1, 0.15) is 11.5 Å². The van der Waals surface area contributed by atoms with Crippen LogP contribution >= 0.6 is 0 Å². The van der Waals surface area contributed by atoms with Crippen LogP contribution < -0.4 is 5.73 Å². The maximum absolute atomic E-state index is 13.4. The first-order valence-corrected chi connectivity index (χ1v) is 8.44. The van der Waals surface area contributed by atoms with Crippen LogP contribution in [0.25, 0.3) is 33.8 Å². The van der Waals surface area contributed by atoms with E-state index >= 15 is 0 Å². The van der Waals surface area contributed by atoms with Crippen molar-refractivity contribution in [1.82, 2.24) is 23.8 Å². The molecule has 0 atom stereocenters. The van der Waals surface area contributed by atoms with Gasteiger partial charge in [0, 0.05) is 41.6 Å². The lowest BCUT2D eigenvalue weighted by Crippen LogP contribution is -2.04. The minimum Gasteiger partial charge on any atom is -0.381 e. The summed E-state index contributed by atoms with van der Waals surface area (Å²) in [6.45, 7) is 2.00. The van der Waals surface area contributed by atoms with Crippen molar-refractivity contribution in [2.24, 2.45) is 0 Å². The van der Waals surface area contributed by atoms with Gasteiger partial charge in [-0.05, 0) is 43.3 Å². The number of nitrogens with two attached hydrogens (primary N) is 1. The van der Waals surface area contributed by atoms with Crippen molar-refractivity contribution in [1.29, 1.82) is 0 Å². The first-order chi connectivity index (χ1) is 13.1. The molecular formula is C20H15FN6. The van der Waals surface area contributed by atoms with Crippen LogP contribution in [0.15, 0.2) is 61.2 Å². The molecule has 0 unspecified atom stereocenters. The van der Waals surface area contributed by atoms with Gasteiger partial charge >= 0.3 is 0 Å². The van der Waals surface area contributed by atoms with E-state index in [1.165, 1.54) is 12.1 Å². The number of rotatable bonds is 2. The zero-order valence-electron chi connectivity index (χ0n) is 14.5. The topological polar surface area (TPSA) is 73.5 Å². The van der Waals surface area contributed by atoms with Crippen molar-refractivity contribution in [3.8, 4) is 22.5 Å². The van der Waals surface area contributed by atoms with Gasteiger partial charge in [-0.25, -0.2) is 19.3 Å². The van der Waals surface area contributed by atoms with Gasteiger partial charge < -0.3 is 10.1 Å². The number of anilines is 1. The van der Waals surface area contributed by atoms with E-state index in [0.29, 0.717) is 17.2 Å². The number of imidazole rings is 2. The van der Waals surface area contributed by atoms with E-state index in [1.54, 1.807) is 18.3 Å². The van der Waals surface area contributed by atoms with Gasteiger partial charge in [0.05, 0.1) is 11.4 Å². The number of nitrogens with zero attached hydrogens (tertiary/aromatic N) is 5. The normalized spacial score (nSPS) is 11.5. The summed E-state index contributed by atoms with van der Waals surface area (Å²) in [4.78, 5) is 13.3. The van der Waals surface area contributed by atoms with E-state index < -0.39 is 0 Å². The molecule has 4 heterocycles. The molecule has 0 radical (unpaired) electrons. The molecule has 132 valence electrons. The van der Waals surface area contributed by atoms with E-state index in [-0.39, 0.29) is 5.82 Å². The highest BCUT2D eigenvalue weighted by molar-refractivity contribution is 5.83. The summed E-state index contributed by atoms with van der Waals surface area (Å²) in [5, 5.41) is 0. The van der Waals surface area contributed by atoms with Crippen LogP contribution in [0.3, 0.4) is 0 Å². The number of pyridine rings is 1. The summed E-state index contributed by atoms with van der Waals surface area (Å²) in [5.41, 5.74) is 11.8. The summed E-state index contributed by atoms with van der Waals surface area (Å²) >= 11 is 0. The Hall–Kier alpha value is -3.74. The number of aromatic nitrogens is 5. The first kappa shape index (κ1) is 15.5. The summed E-state index contributed by atoms with van der Waals surface area (Å²) in [5.74, 6) is 0.0235. The lowest BCUT2D eigenvalue weighted by molar-refractivity contribution is 0.628. The Morgan fingerprint density at radius 1 is 0.963 bits per heavy atom. The van der Waals surface area contributed by atoms with Crippen LogP contribution in [0.2, 0.25) is 0 Å². The molecule has 7 heteroatoms. The first-order valence-electron chi connectivity index (χ1n) is 8.44. The molecule has 0 aliphatic carbocycles. The molecule has 5 aromatic rings. The Kier molecular flexibility index (Phi) is 3.24. The minimum atomic E-state index is -0.299. The highest BCUT2D eigenvalue weighted by atomic mass is 19.1. The van der Waals surface area contributed by atoms with Crippen LogP contribution in [-0.4, -0.2) is 23.8 Å². The number of hydrogen-bond donors (Lipinski definition) is 1. The standard InChI is InChI=1S/C20H15FN6/c1-12-10-24-16-7-4-14(11-27(12)16)18-17(13-2-5-15(21)6-3-13)25-19(22)20-23-8-9-26(18)20/h2-11H,1H3,(H2,22,25).